The largest absolute Gasteiger partial charge is 0.497 e. The van der Waals surface area contributed by atoms with Crippen molar-refractivity contribution in [3.05, 3.63) is 81.7 Å². The average molecular weight is 319 g/mol. The number of aromatic nitrogens is 1. The van der Waals surface area contributed by atoms with Gasteiger partial charge in [0, 0.05) is 22.0 Å². The van der Waals surface area contributed by atoms with E-state index in [2.05, 4.69) is 4.98 Å². The average Bonchev–Trinajstić information content (AvgIpc) is 2.60. The number of benzene rings is 2. The lowest BCUT2D eigenvalue weighted by atomic mass is 10.1. The van der Waals surface area contributed by atoms with E-state index < -0.39 is 0 Å². The molecule has 24 heavy (non-hydrogen) atoms. The van der Waals surface area contributed by atoms with Crippen LogP contribution in [0.2, 0.25) is 0 Å². The van der Waals surface area contributed by atoms with Gasteiger partial charge in [-0.05, 0) is 43.3 Å². The van der Waals surface area contributed by atoms with Crippen molar-refractivity contribution < 1.29 is 9.53 Å². The number of allylic oxidation sites excluding steroid dienone is 1. The maximum Gasteiger partial charge on any atom is 0.255 e. The van der Waals surface area contributed by atoms with Crippen LogP contribution in [-0.4, -0.2) is 17.9 Å². The normalized spacial score (nSPS) is 11.1. The van der Waals surface area contributed by atoms with E-state index in [1.165, 1.54) is 6.08 Å². The number of pyridine rings is 1. The number of rotatable bonds is 4. The summed E-state index contributed by atoms with van der Waals surface area (Å²) in [6, 6.07) is 14.5. The minimum Gasteiger partial charge on any atom is -0.497 e. The van der Waals surface area contributed by atoms with Crippen molar-refractivity contribution in [1.82, 2.24) is 4.98 Å². The van der Waals surface area contributed by atoms with E-state index in [9.17, 15) is 9.59 Å². The highest BCUT2D eigenvalue weighted by Crippen LogP contribution is 2.19. The highest BCUT2D eigenvalue weighted by Gasteiger charge is 2.04. The van der Waals surface area contributed by atoms with E-state index in [0.29, 0.717) is 16.9 Å². The number of nitrogens with one attached hydrogen (secondary N) is 1. The molecule has 1 N–H and O–H groups in total. The van der Waals surface area contributed by atoms with Crippen molar-refractivity contribution in [2.75, 3.05) is 7.11 Å². The third kappa shape index (κ3) is 3.27. The molecule has 120 valence electrons. The number of aryl methyl sites for hydroxylation is 1. The summed E-state index contributed by atoms with van der Waals surface area (Å²) in [5.74, 6) is 0.570. The molecule has 0 unspecified atom stereocenters. The molecule has 0 amide bonds. The first-order chi connectivity index (χ1) is 11.6. The van der Waals surface area contributed by atoms with Gasteiger partial charge in [-0.25, -0.2) is 0 Å². The zero-order valence-electron chi connectivity index (χ0n) is 13.5. The number of aromatic amines is 1. The summed E-state index contributed by atoms with van der Waals surface area (Å²) in [5, 5.41) is 0.844. The molecular formula is C20H17NO3. The van der Waals surface area contributed by atoms with Crippen LogP contribution in [0.15, 0.2) is 59.4 Å². The molecule has 0 aliphatic rings. The minimum absolute atomic E-state index is 0.139. The molecule has 0 atom stereocenters. The first-order valence-corrected chi connectivity index (χ1v) is 7.57. The molecule has 0 fully saturated rings. The third-order valence-electron chi connectivity index (χ3n) is 3.83. The Morgan fingerprint density at radius 2 is 1.83 bits per heavy atom. The van der Waals surface area contributed by atoms with Crippen LogP contribution >= 0.6 is 0 Å². The Hall–Kier alpha value is -3.14. The van der Waals surface area contributed by atoms with Crippen LogP contribution in [0, 0.1) is 6.92 Å². The van der Waals surface area contributed by atoms with Gasteiger partial charge in [-0.1, -0.05) is 29.8 Å². The predicted octanol–water partition coefficient (Wildman–Crippen LogP) is 3.74. The minimum atomic E-state index is -0.236. The first kappa shape index (κ1) is 15.7. The lowest BCUT2D eigenvalue weighted by Gasteiger charge is -2.03. The fourth-order valence-corrected chi connectivity index (χ4v) is 2.43. The fourth-order valence-electron chi connectivity index (χ4n) is 2.43. The van der Waals surface area contributed by atoms with Gasteiger partial charge in [-0.15, -0.1) is 0 Å². The van der Waals surface area contributed by atoms with E-state index in [1.54, 1.807) is 43.5 Å². The van der Waals surface area contributed by atoms with Crippen LogP contribution < -0.4 is 10.3 Å². The Bertz CT molecular complexity index is 982. The van der Waals surface area contributed by atoms with Crippen molar-refractivity contribution in [3.8, 4) is 5.75 Å². The molecule has 0 aliphatic carbocycles. The van der Waals surface area contributed by atoms with Gasteiger partial charge in [-0.2, -0.15) is 0 Å². The summed E-state index contributed by atoms with van der Waals surface area (Å²) in [4.78, 5) is 27.1. The number of methoxy groups -OCH3 is 1. The molecule has 4 nitrogen and oxygen atoms in total. The Balaban J connectivity index is 1.93. The van der Waals surface area contributed by atoms with Gasteiger partial charge in [0.15, 0.2) is 5.78 Å². The molecule has 0 bridgehead atoms. The number of carbonyl (C=O) groups excluding carboxylic acids is 1. The standard InChI is InChI=1S/C20H17NO3/c1-13-3-5-14(6-4-13)19(22)10-7-15-11-16-12-17(24-2)8-9-18(16)21-20(15)23/h3-12H,1-2H3,(H,21,23)/b10-7+. The fraction of sp³-hybridized carbons (Fsp3) is 0.100. The van der Waals surface area contributed by atoms with Gasteiger partial charge in [0.25, 0.3) is 5.56 Å². The predicted molar refractivity (Wildman–Crippen MR) is 95.7 cm³/mol. The van der Waals surface area contributed by atoms with Gasteiger partial charge in [0.1, 0.15) is 5.75 Å². The second-order valence-electron chi connectivity index (χ2n) is 5.57. The number of ketones is 1. The number of carbonyl (C=O) groups is 1. The molecule has 1 aromatic heterocycles. The van der Waals surface area contributed by atoms with E-state index in [4.69, 9.17) is 4.74 Å². The molecule has 3 aromatic rings. The van der Waals surface area contributed by atoms with Crippen molar-refractivity contribution in [2.45, 2.75) is 6.92 Å². The Morgan fingerprint density at radius 3 is 2.54 bits per heavy atom. The zero-order valence-corrected chi connectivity index (χ0v) is 13.5. The van der Waals surface area contributed by atoms with Crippen molar-refractivity contribution in [3.63, 3.8) is 0 Å². The Morgan fingerprint density at radius 1 is 1.08 bits per heavy atom. The second-order valence-corrected chi connectivity index (χ2v) is 5.57. The van der Waals surface area contributed by atoms with Gasteiger partial charge >= 0.3 is 0 Å². The number of H-pyrrole nitrogens is 1. The van der Waals surface area contributed by atoms with Crippen LogP contribution in [0.3, 0.4) is 0 Å². The molecule has 1 heterocycles. The van der Waals surface area contributed by atoms with Crippen LogP contribution in [0.25, 0.3) is 17.0 Å². The molecule has 0 saturated carbocycles. The molecule has 2 aromatic carbocycles. The summed E-state index contributed by atoms with van der Waals surface area (Å²) in [6.07, 6.45) is 2.96. The van der Waals surface area contributed by atoms with Gasteiger partial charge in [-0.3, -0.25) is 9.59 Å². The quantitative estimate of drug-likeness (QED) is 0.588. The third-order valence-corrected chi connectivity index (χ3v) is 3.83. The van der Waals surface area contributed by atoms with Crippen LogP contribution in [0.5, 0.6) is 5.75 Å². The van der Waals surface area contributed by atoms with Gasteiger partial charge < -0.3 is 9.72 Å². The van der Waals surface area contributed by atoms with Crippen molar-refractivity contribution in [2.24, 2.45) is 0 Å². The highest BCUT2D eigenvalue weighted by atomic mass is 16.5. The lowest BCUT2D eigenvalue weighted by Crippen LogP contribution is -2.09. The molecular weight excluding hydrogens is 302 g/mol. The molecule has 0 spiro atoms. The van der Waals surface area contributed by atoms with E-state index >= 15 is 0 Å². The Kier molecular flexibility index (Phi) is 4.29. The van der Waals surface area contributed by atoms with Crippen molar-refractivity contribution >= 4 is 22.8 Å². The lowest BCUT2D eigenvalue weighted by molar-refractivity contribution is 0.104. The van der Waals surface area contributed by atoms with Gasteiger partial charge in [0.05, 0.1) is 7.11 Å². The maximum absolute atomic E-state index is 12.2. The summed E-state index contributed by atoms with van der Waals surface area (Å²) in [5.41, 5.74) is 2.60. The van der Waals surface area contributed by atoms with Gasteiger partial charge in [0.2, 0.25) is 0 Å². The monoisotopic (exact) mass is 319 g/mol. The maximum atomic E-state index is 12.2. The summed E-state index contributed by atoms with van der Waals surface area (Å²) in [6.45, 7) is 1.97. The number of hydrogen-bond donors (Lipinski definition) is 1. The number of hydrogen-bond acceptors (Lipinski definition) is 3. The number of ether oxygens (including phenoxy) is 1. The smallest absolute Gasteiger partial charge is 0.255 e. The zero-order chi connectivity index (χ0) is 17.1. The summed E-state index contributed by atoms with van der Waals surface area (Å²) >= 11 is 0. The van der Waals surface area contributed by atoms with E-state index in [0.717, 1.165) is 16.5 Å². The number of fused-ring (bicyclic) bond motifs is 1. The molecule has 4 heteroatoms. The SMILES string of the molecule is COc1ccc2[nH]c(=O)c(/C=C/C(=O)c3ccc(C)cc3)cc2c1. The molecule has 3 rings (SSSR count). The van der Waals surface area contributed by atoms with Crippen LogP contribution in [0.4, 0.5) is 0 Å². The summed E-state index contributed by atoms with van der Waals surface area (Å²) < 4.78 is 5.19. The van der Waals surface area contributed by atoms with Crippen LogP contribution in [0.1, 0.15) is 21.5 Å². The molecule has 0 radical (unpaired) electrons. The van der Waals surface area contributed by atoms with E-state index in [-0.39, 0.29) is 11.3 Å². The molecule has 0 saturated heterocycles. The summed E-state index contributed by atoms with van der Waals surface area (Å²) in [7, 11) is 1.59. The van der Waals surface area contributed by atoms with Crippen LogP contribution in [-0.2, 0) is 0 Å². The van der Waals surface area contributed by atoms with E-state index in [1.807, 2.05) is 25.1 Å². The Labute approximate surface area is 139 Å². The van der Waals surface area contributed by atoms with Crippen molar-refractivity contribution in [1.29, 1.82) is 0 Å². The first-order valence-electron chi connectivity index (χ1n) is 7.57. The topological polar surface area (TPSA) is 59.2 Å². The highest BCUT2D eigenvalue weighted by molar-refractivity contribution is 6.06. The second kappa shape index (κ2) is 6.54. The molecule has 0 aliphatic heterocycles.